The van der Waals surface area contributed by atoms with Crippen LogP contribution in [0.4, 0.5) is 0 Å². The zero-order chi connectivity index (χ0) is 14.1. The molecule has 106 valence electrons. The fourth-order valence-corrected chi connectivity index (χ4v) is 1.75. The maximum absolute atomic E-state index is 11.7. The number of carbonyl (C=O) groups is 1. The third-order valence-corrected chi connectivity index (χ3v) is 2.99. The Morgan fingerprint density at radius 2 is 2.05 bits per heavy atom. The number of nitrogens with one attached hydrogen (secondary N) is 1. The fraction of sp³-hybridized carbons (Fsp3) is 0.533. The Kier molecular flexibility index (Phi) is 7.15. The minimum absolute atomic E-state index is 0.0455. The van der Waals surface area contributed by atoms with Crippen molar-refractivity contribution < 1.29 is 9.53 Å². The third kappa shape index (κ3) is 5.85. The second-order valence-corrected chi connectivity index (χ2v) is 4.73. The average Bonchev–Trinajstić information content (AvgIpc) is 2.43. The lowest BCUT2D eigenvalue weighted by molar-refractivity contribution is -0.122. The maximum atomic E-state index is 11.7. The molecule has 0 aliphatic heterocycles. The normalized spacial score (nSPS) is 12.2. The van der Waals surface area contributed by atoms with Crippen molar-refractivity contribution in [1.82, 2.24) is 5.32 Å². The van der Waals surface area contributed by atoms with E-state index in [4.69, 9.17) is 10.5 Å². The van der Waals surface area contributed by atoms with Crippen molar-refractivity contribution in [1.29, 1.82) is 0 Å². The van der Waals surface area contributed by atoms with Crippen molar-refractivity contribution in [3.63, 3.8) is 0 Å². The Labute approximate surface area is 115 Å². The standard InChI is InChI=1S/C15H24N2O2/c1-3-19-11-14-7-5-4-6-13(14)10-17-15(18)8-12(2)9-16/h4-7,12H,3,8-11,16H2,1-2H3,(H,17,18). The van der Waals surface area contributed by atoms with Gasteiger partial charge in [-0.2, -0.15) is 0 Å². The van der Waals surface area contributed by atoms with Gasteiger partial charge in [-0.25, -0.2) is 0 Å². The second kappa shape index (κ2) is 8.67. The lowest BCUT2D eigenvalue weighted by atomic mass is 10.1. The van der Waals surface area contributed by atoms with Crippen LogP contribution in [0.15, 0.2) is 24.3 Å². The van der Waals surface area contributed by atoms with Gasteiger partial charge in [0.2, 0.25) is 5.91 Å². The van der Waals surface area contributed by atoms with Gasteiger partial charge in [0.15, 0.2) is 0 Å². The predicted molar refractivity (Wildman–Crippen MR) is 76.5 cm³/mol. The van der Waals surface area contributed by atoms with Crippen LogP contribution in [-0.4, -0.2) is 19.1 Å². The topological polar surface area (TPSA) is 64.3 Å². The van der Waals surface area contributed by atoms with Gasteiger partial charge in [0.05, 0.1) is 6.61 Å². The van der Waals surface area contributed by atoms with Crippen LogP contribution in [0.25, 0.3) is 0 Å². The minimum atomic E-state index is 0.0455. The number of hydrogen-bond acceptors (Lipinski definition) is 3. The summed E-state index contributed by atoms with van der Waals surface area (Å²) >= 11 is 0. The third-order valence-electron chi connectivity index (χ3n) is 2.99. The first-order chi connectivity index (χ1) is 9.17. The molecule has 1 atom stereocenters. The second-order valence-electron chi connectivity index (χ2n) is 4.73. The van der Waals surface area contributed by atoms with Gasteiger partial charge in [-0.1, -0.05) is 31.2 Å². The average molecular weight is 264 g/mol. The zero-order valence-electron chi connectivity index (χ0n) is 11.8. The summed E-state index contributed by atoms with van der Waals surface area (Å²) in [7, 11) is 0. The van der Waals surface area contributed by atoms with Gasteiger partial charge in [0.1, 0.15) is 0 Å². The summed E-state index contributed by atoms with van der Waals surface area (Å²) in [5, 5.41) is 2.93. The quantitative estimate of drug-likeness (QED) is 0.753. The Morgan fingerprint density at radius 1 is 1.37 bits per heavy atom. The van der Waals surface area contributed by atoms with Crippen LogP contribution < -0.4 is 11.1 Å². The Morgan fingerprint density at radius 3 is 2.68 bits per heavy atom. The Hall–Kier alpha value is -1.39. The molecule has 0 fully saturated rings. The van der Waals surface area contributed by atoms with E-state index in [0.29, 0.717) is 32.7 Å². The van der Waals surface area contributed by atoms with E-state index in [1.165, 1.54) is 0 Å². The Balaban J connectivity index is 2.50. The van der Waals surface area contributed by atoms with Gasteiger partial charge >= 0.3 is 0 Å². The smallest absolute Gasteiger partial charge is 0.220 e. The molecule has 1 amide bonds. The van der Waals surface area contributed by atoms with Crippen molar-refractivity contribution >= 4 is 5.91 Å². The molecule has 4 nitrogen and oxygen atoms in total. The van der Waals surface area contributed by atoms with Crippen molar-refractivity contribution in [2.24, 2.45) is 11.7 Å². The molecule has 0 bridgehead atoms. The first-order valence-electron chi connectivity index (χ1n) is 6.78. The molecule has 1 unspecified atom stereocenters. The van der Waals surface area contributed by atoms with E-state index in [0.717, 1.165) is 11.1 Å². The predicted octanol–water partition coefficient (Wildman–Crippen LogP) is 1.82. The molecular formula is C15H24N2O2. The maximum Gasteiger partial charge on any atom is 0.220 e. The van der Waals surface area contributed by atoms with Gasteiger partial charge in [0.25, 0.3) is 0 Å². The van der Waals surface area contributed by atoms with Gasteiger partial charge in [-0.3, -0.25) is 4.79 Å². The first kappa shape index (κ1) is 15.7. The summed E-state index contributed by atoms with van der Waals surface area (Å²) in [6.45, 7) is 6.30. The van der Waals surface area contributed by atoms with E-state index < -0.39 is 0 Å². The van der Waals surface area contributed by atoms with E-state index in [9.17, 15) is 4.79 Å². The molecular weight excluding hydrogens is 240 g/mol. The highest BCUT2D eigenvalue weighted by molar-refractivity contribution is 5.76. The molecule has 4 heteroatoms. The van der Waals surface area contributed by atoms with Crippen LogP contribution in [0.5, 0.6) is 0 Å². The minimum Gasteiger partial charge on any atom is -0.377 e. The SMILES string of the molecule is CCOCc1ccccc1CNC(=O)CC(C)CN. The highest BCUT2D eigenvalue weighted by Gasteiger charge is 2.08. The van der Waals surface area contributed by atoms with Crippen LogP contribution >= 0.6 is 0 Å². The summed E-state index contributed by atoms with van der Waals surface area (Å²) in [5.41, 5.74) is 7.73. The molecule has 0 saturated heterocycles. The molecule has 19 heavy (non-hydrogen) atoms. The summed E-state index contributed by atoms with van der Waals surface area (Å²) in [6.07, 6.45) is 0.476. The molecule has 0 aliphatic rings. The van der Waals surface area contributed by atoms with Crippen LogP contribution in [0, 0.1) is 5.92 Å². The summed E-state index contributed by atoms with van der Waals surface area (Å²) in [5.74, 6) is 0.267. The number of benzene rings is 1. The highest BCUT2D eigenvalue weighted by Crippen LogP contribution is 2.10. The molecule has 3 N–H and O–H groups in total. The highest BCUT2D eigenvalue weighted by atomic mass is 16.5. The van der Waals surface area contributed by atoms with E-state index in [-0.39, 0.29) is 11.8 Å². The van der Waals surface area contributed by atoms with E-state index in [1.807, 2.05) is 38.1 Å². The number of rotatable bonds is 8. The van der Waals surface area contributed by atoms with Crippen molar-refractivity contribution in [3.05, 3.63) is 35.4 Å². The number of nitrogens with two attached hydrogens (primary N) is 1. The molecule has 1 rings (SSSR count). The molecule has 0 saturated carbocycles. The molecule has 0 aromatic heterocycles. The van der Waals surface area contributed by atoms with Crippen LogP contribution in [0.3, 0.4) is 0 Å². The van der Waals surface area contributed by atoms with Gasteiger partial charge in [0, 0.05) is 19.6 Å². The van der Waals surface area contributed by atoms with E-state index in [2.05, 4.69) is 5.32 Å². The summed E-state index contributed by atoms with van der Waals surface area (Å²) in [4.78, 5) is 11.7. The van der Waals surface area contributed by atoms with Crippen molar-refractivity contribution in [2.75, 3.05) is 13.2 Å². The number of amides is 1. The van der Waals surface area contributed by atoms with Crippen LogP contribution in [0.2, 0.25) is 0 Å². The number of carbonyl (C=O) groups excluding carboxylic acids is 1. The largest absolute Gasteiger partial charge is 0.377 e. The molecule has 1 aromatic carbocycles. The van der Waals surface area contributed by atoms with E-state index in [1.54, 1.807) is 0 Å². The zero-order valence-corrected chi connectivity index (χ0v) is 11.8. The summed E-state index contributed by atoms with van der Waals surface area (Å²) < 4.78 is 5.42. The van der Waals surface area contributed by atoms with Crippen LogP contribution in [-0.2, 0) is 22.7 Å². The number of ether oxygens (including phenoxy) is 1. The van der Waals surface area contributed by atoms with Crippen molar-refractivity contribution in [2.45, 2.75) is 33.4 Å². The molecule has 0 aliphatic carbocycles. The lowest BCUT2D eigenvalue weighted by Gasteiger charge is -2.12. The Bertz CT molecular complexity index is 393. The molecule has 0 heterocycles. The van der Waals surface area contributed by atoms with Gasteiger partial charge in [-0.05, 0) is 30.5 Å². The molecule has 1 aromatic rings. The fourth-order valence-electron chi connectivity index (χ4n) is 1.75. The van der Waals surface area contributed by atoms with Crippen molar-refractivity contribution in [3.8, 4) is 0 Å². The monoisotopic (exact) mass is 264 g/mol. The summed E-state index contributed by atoms with van der Waals surface area (Å²) in [6, 6.07) is 8.00. The lowest BCUT2D eigenvalue weighted by Crippen LogP contribution is -2.27. The molecule has 0 radical (unpaired) electrons. The molecule has 0 spiro atoms. The van der Waals surface area contributed by atoms with Gasteiger partial charge in [-0.15, -0.1) is 0 Å². The van der Waals surface area contributed by atoms with Crippen LogP contribution in [0.1, 0.15) is 31.4 Å². The van der Waals surface area contributed by atoms with E-state index >= 15 is 0 Å². The number of hydrogen-bond donors (Lipinski definition) is 2. The van der Waals surface area contributed by atoms with Gasteiger partial charge < -0.3 is 15.8 Å². The first-order valence-corrected chi connectivity index (χ1v) is 6.78.